The van der Waals surface area contributed by atoms with Gasteiger partial charge in [-0.15, -0.1) is 0 Å². The molecule has 2 unspecified atom stereocenters. The van der Waals surface area contributed by atoms with E-state index in [2.05, 4.69) is 0 Å². The Morgan fingerprint density at radius 2 is 0.969 bits per heavy atom. The van der Waals surface area contributed by atoms with Gasteiger partial charge in [-0.3, -0.25) is 28.8 Å². The molecule has 3 aromatic carbocycles. The number of rotatable bonds is 18. The van der Waals surface area contributed by atoms with Crippen molar-refractivity contribution in [2.75, 3.05) is 42.2 Å². The first kappa shape index (κ1) is 46.0. The SMILES string of the molecule is CCOC(=O)CCC(=O)O[C@@H]1C2O[C@H]([C@@H]1OC(c1ccccc1)(c1ccc(OC)cc1)c1ccc(OC)cc1)[C@@]1(C(=O)OC)[C@@H]3OC([C@@H](C)[C@H]3OC(=O)CCC(=O)OC)[C@@]21C(=O)OC. The third-order valence-electron chi connectivity index (χ3n) is 12.9. The summed E-state index contributed by atoms with van der Waals surface area (Å²) in [7, 11) is 6.56. The van der Waals surface area contributed by atoms with Crippen molar-refractivity contribution in [3.63, 3.8) is 0 Å². The molecule has 4 fully saturated rings. The molecular weight excluding hydrogens is 837 g/mol. The molecule has 17 heteroatoms. The number of fused-ring (bicyclic) bond motifs is 9. The van der Waals surface area contributed by atoms with Gasteiger partial charge in [0.2, 0.25) is 0 Å². The first-order chi connectivity index (χ1) is 30.8. The molecule has 4 aliphatic rings. The van der Waals surface area contributed by atoms with Gasteiger partial charge in [-0.2, -0.15) is 0 Å². The van der Waals surface area contributed by atoms with E-state index < -0.39 is 107 Å². The molecule has 342 valence electrons. The highest BCUT2D eigenvalue weighted by Crippen LogP contribution is 2.74. The summed E-state index contributed by atoms with van der Waals surface area (Å²) >= 11 is 0. The molecule has 0 spiro atoms. The number of benzene rings is 3. The van der Waals surface area contributed by atoms with Crippen molar-refractivity contribution < 1.29 is 80.9 Å². The van der Waals surface area contributed by atoms with Crippen LogP contribution in [0.5, 0.6) is 11.5 Å². The standard InChI is InChI=1S/C47H52O17/c1-8-59-33(49)23-25-35(51)61-37-38(64-47(27-12-10-9-11-13-27,28-14-18-30(54-3)19-15-28)29-16-20-31(55-4)21-17-29)42-46(44(53)58-7)40-36(60-34(50)24-22-32(48)56-5)26(2)39(62-40)45(46,41(37)63-42)43(52)57-6/h9-21,26,36-42H,8,22-25H2,1-7H3/t26-,36+,37-,38+,39?,40+,41?,42+,45-,46+/m0/s1. The van der Waals surface area contributed by atoms with E-state index in [0.29, 0.717) is 28.2 Å². The fraction of sp³-hybridized carbons (Fsp3) is 0.489. The topological polar surface area (TPSA) is 204 Å². The lowest BCUT2D eigenvalue weighted by Gasteiger charge is -2.54. The lowest BCUT2D eigenvalue weighted by molar-refractivity contribution is -0.218. The molecule has 4 aliphatic heterocycles. The fourth-order valence-corrected chi connectivity index (χ4v) is 10.3. The third kappa shape index (κ3) is 7.22. The lowest BCUT2D eigenvalue weighted by atomic mass is 9.46. The summed E-state index contributed by atoms with van der Waals surface area (Å²) in [6.45, 7) is 3.42. The van der Waals surface area contributed by atoms with E-state index in [0.717, 1.165) is 14.2 Å². The van der Waals surface area contributed by atoms with Gasteiger partial charge >= 0.3 is 35.8 Å². The number of hydrogen-bond acceptors (Lipinski definition) is 17. The van der Waals surface area contributed by atoms with E-state index in [1.165, 1.54) is 21.3 Å². The third-order valence-corrected chi connectivity index (χ3v) is 12.9. The smallest absolute Gasteiger partial charge is 0.318 e. The molecule has 4 bridgehead atoms. The predicted molar refractivity (Wildman–Crippen MR) is 219 cm³/mol. The molecule has 0 saturated carbocycles. The second-order valence-corrected chi connectivity index (χ2v) is 15.9. The van der Waals surface area contributed by atoms with Crippen molar-refractivity contribution in [3.8, 4) is 11.5 Å². The lowest BCUT2D eigenvalue weighted by Crippen LogP contribution is -2.75. The fourth-order valence-electron chi connectivity index (χ4n) is 10.3. The van der Waals surface area contributed by atoms with Gasteiger partial charge in [-0.1, -0.05) is 61.5 Å². The van der Waals surface area contributed by atoms with Gasteiger partial charge in [0.15, 0.2) is 6.10 Å². The maximum atomic E-state index is 15.0. The first-order valence-electron chi connectivity index (χ1n) is 20.9. The van der Waals surface area contributed by atoms with Crippen molar-refractivity contribution in [3.05, 3.63) is 95.6 Å². The second kappa shape index (κ2) is 18.6. The van der Waals surface area contributed by atoms with Crippen molar-refractivity contribution in [2.45, 2.75) is 87.9 Å². The van der Waals surface area contributed by atoms with Gasteiger partial charge in [0.1, 0.15) is 58.4 Å². The van der Waals surface area contributed by atoms with Crippen LogP contribution >= 0.6 is 0 Å². The number of carbonyl (C=O) groups excluding carboxylic acids is 6. The summed E-state index contributed by atoms with van der Waals surface area (Å²) in [4.78, 5) is 81.6. The second-order valence-electron chi connectivity index (χ2n) is 15.9. The Morgan fingerprint density at radius 3 is 1.47 bits per heavy atom. The molecule has 0 amide bonds. The maximum Gasteiger partial charge on any atom is 0.318 e. The van der Waals surface area contributed by atoms with Crippen molar-refractivity contribution in [1.82, 2.24) is 0 Å². The van der Waals surface area contributed by atoms with Crippen molar-refractivity contribution in [2.24, 2.45) is 16.7 Å². The minimum atomic E-state index is -2.16. The molecule has 4 heterocycles. The van der Waals surface area contributed by atoms with Gasteiger partial charge in [-0.05, 0) is 47.9 Å². The van der Waals surface area contributed by atoms with E-state index in [9.17, 15) is 24.0 Å². The summed E-state index contributed by atoms with van der Waals surface area (Å²) < 4.78 is 65.4. The summed E-state index contributed by atoms with van der Waals surface area (Å²) in [5.41, 5.74) is -4.10. The van der Waals surface area contributed by atoms with Crippen LogP contribution in [-0.2, 0) is 77.0 Å². The van der Waals surface area contributed by atoms with Gasteiger partial charge < -0.3 is 52.1 Å². The predicted octanol–water partition coefficient (Wildman–Crippen LogP) is 4.02. The Kier molecular flexibility index (Phi) is 13.4. The van der Waals surface area contributed by atoms with Crippen LogP contribution in [0.25, 0.3) is 0 Å². The van der Waals surface area contributed by atoms with Gasteiger partial charge in [-0.25, -0.2) is 0 Å². The average molecular weight is 889 g/mol. The summed E-state index contributed by atoms with van der Waals surface area (Å²) in [6, 6.07) is 23.5. The normalized spacial score (nSPS) is 28.4. The highest BCUT2D eigenvalue weighted by Gasteiger charge is 2.94. The Morgan fingerprint density at radius 1 is 0.531 bits per heavy atom. The van der Waals surface area contributed by atoms with E-state index in [1.54, 1.807) is 38.1 Å². The molecule has 7 rings (SSSR count). The van der Waals surface area contributed by atoms with Gasteiger partial charge in [0.25, 0.3) is 0 Å². The van der Waals surface area contributed by atoms with E-state index in [1.807, 2.05) is 54.6 Å². The summed E-state index contributed by atoms with van der Waals surface area (Å²) in [5.74, 6) is -4.47. The van der Waals surface area contributed by atoms with Crippen LogP contribution in [0.1, 0.15) is 56.2 Å². The van der Waals surface area contributed by atoms with Crippen molar-refractivity contribution >= 4 is 35.8 Å². The Balaban J connectivity index is 1.44. The van der Waals surface area contributed by atoms with Crippen molar-refractivity contribution in [1.29, 1.82) is 0 Å². The minimum Gasteiger partial charge on any atom is -0.497 e. The number of hydrogen-bond donors (Lipinski definition) is 0. The number of ether oxygens (including phenoxy) is 11. The van der Waals surface area contributed by atoms with Gasteiger partial charge in [0, 0.05) is 5.92 Å². The Labute approximate surface area is 369 Å². The first-order valence-corrected chi connectivity index (χ1v) is 20.9. The highest BCUT2D eigenvalue weighted by molar-refractivity contribution is 5.94. The highest BCUT2D eigenvalue weighted by atomic mass is 16.7. The van der Waals surface area contributed by atoms with E-state index in [-0.39, 0.29) is 25.9 Å². The Hall–Kier alpha value is -6.04. The molecule has 0 N–H and O–H groups in total. The molecule has 10 atom stereocenters. The van der Waals surface area contributed by atoms with Crippen LogP contribution < -0.4 is 9.47 Å². The zero-order chi connectivity index (χ0) is 46.0. The van der Waals surface area contributed by atoms with Crippen LogP contribution in [0, 0.1) is 16.7 Å². The molecular formula is C47H52O17. The molecule has 0 aromatic heterocycles. The largest absolute Gasteiger partial charge is 0.497 e. The van der Waals surface area contributed by atoms with E-state index in [4.69, 9.17) is 52.1 Å². The van der Waals surface area contributed by atoms with Crippen LogP contribution in [0.15, 0.2) is 78.9 Å². The summed E-state index contributed by atoms with van der Waals surface area (Å²) in [5, 5.41) is 0. The summed E-state index contributed by atoms with van der Waals surface area (Å²) in [6.07, 6.45) is -11.1. The number of carbonyl (C=O) groups is 6. The maximum absolute atomic E-state index is 15.0. The quantitative estimate of drug-likeness (QED) is 0.101. The molecule has 17 nitrogen and oxygen atoms in total. The van der Waals surface area contributed by atoms with Crippen LogP contribution in [-0.4, -0.2) is 121 Å². The van der Waals surface area contributed by atoms with Crippen LogP contribution in [0.3, 0.4) is 0 Å². The monoisotopic (exact) mass is 888 g/mol. The minimum absolute atomic E-state index is 0.0991. The molecule has 3 aromatic rings. The average Bonchev–Trinajstić information content (AvgIpc) is 4.04. The van der Waals surface area contributed by atoms with Crippen LogP contribution in [0.4, 0.5) is 0 Å². The van der Waals surface area contributed by atoms with Crippen LogP contribution in [0.2, 0.25) is 0 Å². The molecule has 0 aliphatic carbocycles. The number of methoxy groups -OCH3 is 5. The van der Waals surface area contributed by atoms with Gasteiger partial charge in [0.05, 0.1) is 73.9 Å². The molecule has 4 saturated heterocycles. The van der Waals surface area contributed by atoms with E-state index >= 15 is 4.79 Å². The zero-order valence-electron chi connectivity index (χ0n) is 36.6. The Bertz CT molecular complexity index is 2160. The number of esters is 6. The molecule has 0 radical (unpaired) electrons. The zero-order valence-corrected chi connectivity index (χ0v) is 36.6. The molecule has 64 heavy (non-hydrogen) atoms.